The van der Waals surface area contributed by atoms with Gasteiger partial charge in [-0.1, -0.05) is 6.07 Å². The van der Waals surface area contributed by atoms with Crippen LogP contribution in [0.3, 0.4) is 0 Å². The summed E-state index contributed by atoms with van der Waals surface area (Å²) in [5, 5.41) is 2.06. The van der Waals surface area contributed by atoms with Crippen LogP contribution in [0.1, 0.15) is 42.5 Å². The van der Waals surface area contributed by atoms with Crippen LogP contribution in [0.4, 0.5) is 5.69 Å². The maximum absolute atomic E-state index is 12.8. The minimum atomic E-state index is -3.42. The molecule has 2 aliphatic heterocycles. The summed E-state index contributed by atoms with van der Waals surface area (Å²) in [6.45, 7) is 1.92. The van der Waals surface area contributed by atoms with E-state index in [1.807, 2.05) is 17.0 Å². The van der Waals surface area contributed by atoms with Gasteiger partial charge in [0, 0.05) is 36.6 Å². The maximum atomic E-state index is 12.8. The molecule has 4 rings (SSSR count). The number of nitrogens with zero attached hydrogens (tertiary/aromatic N) is 2. The fraction of sp³-hybridized carbons (Fsp3) is 0.476. The van der Waals surface area contributed by atoms with Crippen molar-refractivity contribution in [3.8, 4) is 0 Å². The number of thiophene rings is 1. The molecule has 3 heterocycles. The zero-order valence-corrected chi connectivity index (χ0v) is 17.6. The number of hydrogen-bond acceptors (Lipinski definition) is 4. The van der Waals surface area contributed by atoms with Crippen LogP contribution in [0.5, 0.6) is 0 Å². The molecule has 0 radical (unpaired) electrons. The highest BCUT2D eigenvalue weighted by Crippen LogP contribution is 2.32. The fourth-order valence-corrected chi connectivity index (χ4v) is 6.39. The van der Waals surface area contributed by atoms with Crippen LogP contribution in [-0.2, 0) is 27.7 Å². The molecule has 2 aliphatic rings. The molecule has 1 aromatic heterocycles. The molecule has 150 valence electrons. The fourth-order valence-electron chi connectivity index (χ4n) is 4.07. The van der Waals surface area contributed by atoms with Crippen LogP contribution < -0.4 is 4.90 Å². The van der Waals surface area contributed by atoms with E-state index in [0.29, 0.717) is 31.0 Å². The number of aryl methyl sites for hydroxylation is 2. The molecule has 1 fully saturated rings. The number of hydrogen-bond donors (Lipinski definition) is 0. The van der Waals surface area contributed by atoms with Gasteiger partial charge in [0.15, 0.2) is 0 Å². The van der Waals surface area contributed by atoms with Crippen molar-refractivity contribution in [2.45, 2.75) is 49.8 Å². The summed E-state index contributed by atoms with van der Waals surface area (Å²) in [5.41, 5.74) is 1.85. The number of amides is 1. The molecule has 0 atom stereocenters. The molecule has 1 aromatic carbocycles. The molecule has 1 saturated heterocycles. The Morgan fingerprint density at radius 1 is 1.07 bits per heavy atom. The van der Waals surface area contributed by atoms with Gasteiger partial charge in [0.25, 0.3) is 0 Å². The lowest BCUT2D eigenvalue weighted by atomic mass is 10.0. The smallest absolute Gasteiger partial charge is 0.243 e. The normalized spacial score (nSPS) is 17.6. The van der Waals surface area contributed by atoms with Gasteiger partial charge in [-0.15, -0.1) is 11.3 Å². The van der Waals surface area contributed by atoms with E-state index in [2.05, 4.69) is 11.4 Å². The van der Waals surface area contributed by atoms with Crippen molar-refractivity contribution in [1.29, 1.82) is 0 Å². The van der Waals surface area contributed by atoms with Gasteiger partial charge < -0.3 is 4.90 Å². The molecule has 7 heteroatoms. The predicted molar refractivity (Wildman–Crippen MR) is 112 cm³/mol. The lowest BCUT2D eigenvalue weighted by Crippen LogP contribution is -2.35. The molecule has 1 amide bonds. The first-order chi connectivity index (χ1) is 13.6. The summed E-state index contributed by atoms with van der Waals surface area (Å²) in [6, 6.07) is 9.43. The van der Waals surface area contributed by atoms with Crippen LogP contribution in [0, 0.1) is 0 Å². The number of fused-ring (bicyclic) bond motifs is 1. The Kier molecular flexibility index (Phi) is 5.85. The summed E-state index contributed by atoms with van der Waals surface area (Å²) in [6.07, 6.45) is 5.83. The summed E-state index contributed by atoms with van der Waals surface area (Å²) in [7, 11) is -3.42. The monoisotopic (exact) mass is 418 g/mol. The summed E-state index contributed by atoms with van der Waals surface area (Å²) in [5.74, 6) is 0.132. The summed E-state index contributed by atoms with van der Waals surface area (Å²) < 4.78 is 27.2. The third kappa shape index (κ3) is 4.02. The van der Waals surface area contributed by atoms with Crippen molar-refractivity contribution >= 4 is 33.0 Å². The molecule has 0 saturated carbocycles. The van der Waals surface area contributed by atoms with E-state index < -0.39 is 10.0 Å². The van der Waals surface area contributed by atoms with Gasteiger partial charge in [-0.25, -0.2) is 8.42 Å². The van der Waals surface area contributed by atoms with Gasteiger partial charge in [-0.3, -0.25) is 4.79 Å². The number of benzene rings is 1. The van der Waals surface area contributed by atoms with Crippen LogP contribution in [0.2, 0.25) is 0 Å². The number of carbonyl (C=O) groups excluding carboxylic acids is 1. The van der Waals surface area contributed by atoms with Crippen molar-refractivity contribution in [1.82, 2.24) is 4.31 Å². The van der Waals surface area contributed by atoms with Gasteiger partial charge in [0.1, 0.15) is 0 Å². The minimum absolute atomic E-state index is 0.132. The quantitative estimate of drug-likeness (QED) is 0.716. The van der Waals surface area contributed by atoms with E-state index in [1.54, 1.807) is 27.8 Å². The highest BCUT2D eigenvalue weighted by molar-refractivity contribution is 7.89. The third-order valence-electron chi connectivity index (χ3n) is 5.57. The van der Waals surface area contributed by atoms with Crippen molar-refractivity contribution in [3.63, 3.8) is 0 Å². The molecule has 0 spiro atoms. The Balaban J connectivity index is 1.47. The topological polar surface area (TPSA) is 57.7 Å². The molecule has 2 aromatic rings. The SMILES string of the molecule is O=C(CCCc1cccs1)N1CCCc2cc(S(=O)(=O)N3CCCC3)ccc21. The van der Waals surface area contributed by atoms with Gasteiger partial charge in [0.05, 0.1) is 4.90 Å². The number of rotatable bonds is 6. The molecular formula is C21H26N2O3S2. The molecule has 0 N–H and O–H groups in total. The summed E-state index contributed by atoms with van der Waals surface area (Å²) in [4.78, 5) is 16.3. The molecule has 28 heavy (non-hydrogen) atoms. The van der Waals surface area contributed by atoms with Gasteiger partial charge >= 0.3 is 0 Å². The number of anilines is 1. The number of carbonyl (C=O) groups is 1. The van der Waals surface area contributed by atoms with Gasteiger partial charge in [0.2, 0.25) is 15.9 Å². The lowest BCUT2D eigenvalue weighted by molar-refractivity contribution is -0.118. The molecule has 0 unspecified atom stereocenters. The zero-order chi connectivity index (χ0) is 19.6. The average molecular weight is 419 g/mol. The van der Waals surface area contributed by atoms with Crippen molar-refractivity contribution in [3.05, 3.63) is 46.2 Å². The second kappa shape index (κ2) is 8.35. The first-order valence-corrected chi connectivity index (χ1v) is 12.3. The first kappa shape index (κ1) is 19.6. The van der Waals surface area contributed by atoms with E-state index in [1.165, 1.54) is 4.88 Å². The van der Waals surface area contributed by atoms with E-state index >= 15 is 0 Å². The van der Waals surface area contributed by atoms with Gasteiger partial charge in [-0.2, -0.15) is 4.31 Å². The Morgan fingerprint density at radius 3 is 2.64 bits per heavy atom. The molecule has 5 nitrogen and oxygen atoms in total. The molecule has 0 bridgehead atoms. The second-order valence-corrected chi connectivity index (χ2v) is 10.5. The molecular weight excluding hydrogens is 392 g/mol. The van der Waals surface area contributed by atoms with Crippen LogP contribution in [0.25, 0.3) is 0 Å². The highest BCUT2D eigenvalue weighted by Gasteiger charge is 2.29. The largest absolute Gasteiger partial charge is 0.312 e. The minimum Gasteiger partial charge on any atom is -0.312 e. The van der Waals surface area contributed by atoms with Crippen molar-refractivity contribution in [2.75, 3.05) is 24.5 Å². The Hall–Kier alpha value is -1.70. The lowest BCUT2D eigenvalue weighted by Gasteiger charge is -2.30. The van der Waals surface area contributed by atoms with E-state index in [9.17, 15) is 13.2 Å². The van der Waals surface area contributed by atoms with E-state index in [0.717, 1.165) is 49.8 Å². The zero-order valence-electron chi connectivity index (χ0n) is 16.0. The average Bonchev–Trinajstić information content (AvgIpc) is 3.41. The number of sulfonamides is 1. The standard InChI is InChI=1S/C21H26N2O3S2/c24-21(9-3-7-18-8-5-15-27-18)23-14-4-6-17-16-19(10-11-20(17)23)28(25,26)22-12-1-2-13-22/h5,8,10-11,15-16H,1-4,6-7,9,12-14H2. The Labute approximate surface area is 171 Å². The Bertz CT molecular complexity index is 933. The van der Waals surface area contributed by atoms with E-state index in [4.69, 9.17) is 0 Å². The van der Waals surface area contributed by atoms with Crippen LogP contribution in [-0.4, -0.2) is 38.3 Å². The first-order valence-electron chi connectivity index (χ1n) is 10.0. The van der Waals surface area contributed by atoms with Gasteiger partial charge in [-0.05, 0) is 73.7 Å². The highest BCUT2D eigenvalue weighted by atomic mass is 32.2. The van der Waals surface area contributed by atoms with Crippen LogP contribution >= 0.6 is 11.3 Å². The summed E-state index contributed by atoms with van der Waals surface area (Å²) >= 11 is 1.73. The van der Waals surface area contributed by atoms with E-state index in [-0.39, 0.29) is 5.91 Å². The van der Waals surface area contributed by atoms with Crippen LogP contribution in [0.15, 0.2) is 40.6 Å². The second-order valence-electron chi connectivity index (χ2n) is 7.48. The molecule has 0 aliphatic carbocycles. The van der Waals surface area contributed by atoms with Crippen molar-refractivity contribution in [2.24, 2.45) is 0 Å². The maximum Gasteiger partial charge on any atom is 0.243 e. The predicted octanol–water partition coefficient (Wildman–Crippen LogP) is 3.83. The third-order valence-corrected chi connectivity index (χ3v) is 8.40. The van der Waals surface area contributed by atoms with Crippen molar-refractivity contribution < 1.29 is 13.2 Å². The Morgan fingerprint density at radius 2 is 1.89 bits per heavy atom.